The summed E-state index contributed by atoms with van der Waals surface area (Å²) in [5, 5.41) is 14.0. The highest BCUT2D eigenvalue weighted by Gasteiger charge is 2.20. The molecule has 1 aliphatic rings. The molecular weight excluding hydrogens is 368 g/mol. The van der Waals surface area contributed by atoms with E-state index in [1.807, 2.05) is 13.0 Å². The number of carbonyl (C=O) groups excluding carboxylic acids is 2. The molecule has 1 saturated carbocycles. The molecule has 1 aromatic heterocycles. The molecule has 0 saturated heterocycles. The number of anilines is 1. The van der Waals surface area contributed by atoms with Crippen LogP contribution in [0.3, 0.4) is 0 Å². The number of amides is 1. The first-order chi connectivity index (χ1) is 13.9. The number of aldehydes is 1. The molecule has 0 unspecified atom stereocenters. The van der Waals surface area contributed by atoms with Gasteiger partial charge < -0.3 is 21.0 Å². The van der Waals surface area contributed by atoms with Crippen LogP contribution in [-0.4, -0.2) is 29.4 Å². The molecule has 1 heterocycles. The molecule has 1 amide bonds. The summed E-state index contributed by atoms with van der Waals surface area (Å²) in [5.41, 5.74) is 3.47. The van der Waals surface area contributed by atoms with Gasteiger partial charge >= 0.3 is 0 Å². The molecule has 0 radical (unpaired) electrons. The summed E-state index contributed by atoms with van der Waals surface area (Å²) < 4.78 is 0. The van der Waals surface area contributed by atoms with Crippen molar-refractivity contribution >= 4 is 24.1 Å². The van der Waals surface area contributed by atoms with Crippen molar-refractivity contribution in [3.05, 3.63) is 62.1 Å². The molecule has 0 aliphatic heterocycles. The lowest BCUT2D eigenvalue weighted by Gasteiger charge is -2.18. The second-order valence-electron chi connectivity index (χ2n) is 7.54. The third-order valence-electron chi connectivity index (χ3n) is 5.36. The van der Waals surface area contributed by atoms with Crippen LogP contribution in [0.2, 0.25) is 0 Å². The highest BCUT2D eigenvalue weighted by Crippen LogP contribution is 2.26. The van der Waals surface area contributed by atoms with Crippen LogP contribution in [0.4, 0.5) is 5.69 Å². The predicted octanol–water partition coefficient (Wildman–Crippen LogP) is 3.09. The number of pyridine rings is 1. The van der Waals surface area contributed by atoms with Crippen LogP contribution in [0.1, 0.15) is 68.8 Å². The highest BCUT2D eigenvalue weighted by molar-refractivity contribution is 6.06. The van der Waals surface area contributed by atoms with E-state index in [2.05, 4.69) is 15.6 Å². The van der Waals surface area contributed by atoms with Gasteiger partial charge in [0.1, 0.15) is 6.29 Å². The van der Waals surface area contributed by atoms with Crippen LogP contribution in [0.5, 0.6) is 0 Å². The second kappa shape index (κ2) is 8.86. The Bertz CT molecular complexity index is 1000. The molecule has 29 heavy (non-hydrogen) atoms. The van der Waals surface area contributed by atoms with Gasteiger partial charge in [-0.25, -0.2) is 0 Å². The minimum absolute atomic E-state index is 0.0639. The number of rotatable bonds is 7. The normalized spacial score (nSPS) is 13.9. The minimum atomic E-state index is -0.430. The lowest BCUT2D eigenvalue weighted by atomic mass is 10.0. The van der Waals surface area contributed by atoms with Crippen molar-refractivity contribution in [2.45, 2.75) is 52.1 Å². The van der Waals surface area contributed by atoms with Crippen molar-refractivity contribution in [2.75, 3.05) is 5.32 Å². The Hall–Kier alpha value is -3.22. The van der Waals surface area contributed by atoms with Crippen molar-refractivity contribution in [3.63, 3.8) is 0 Å². The molecule has 7 heteroatoms. The molecular formula is C22H26N4O3. The molecule has 1 aromatic carbocycles. The Labute approximate surface area is 169 Å². The highest BCUT2D eigenvalue weighted by atomic mass is 16.2. The molecule has 0 atom stereocenters. The van der Waals surface area contributed by atoms with Gasteiger partial charge in [0.25, 0.3) is 11.5 Å². The first-order valence-corrected chi connectivity index (χ1v) is 9.80. The van der Waals surface area contributed by atoms with Gasteiger partial charge in [0.15, 0.2) is 0 Å². The first kappa shape index (κ1) is 20.5. The predicted molar refractivity (Wildman–Crippen MR) is 113 cm³/mol. The Balaban J connectivity index is 1.88. The number of hydrogen-bond acceptors (Lipinski definition) is 5. The maximum Gasteiger partial charge on any atom is 0.253 e. The number of benzene rings is 1. The molecule has 1 aliphatic carbocycles. The summed E-state index contributed by atoms with van der Waals surface area (Å²) in [5.74, 6) is -0.430. The average molecular weight is 394 g/mol. The number of aromatic amines is 1. The lowest BCUT2D eigenvalue weighted by molar-refractivity contribution is 0.0950. The standard InChI is InChI=1S/C22H26N4O3/c1-13-7-14(2)25-22(29)19(13)11-24-21(28)17-8-15(12-27)9-20(18(17)10-23)26-16-5-3-4-6-16/h7-10,12,16,23,26H,3-6,11H2,1-2H3,(H,24,28)(H,25,29). The van der Waals surface area contributed by atoms with Crippen LogP contribution < -0.4 is 16.2 Å². The van der Waals surface area contributed by atoms with Crippen LogP contribution in [0, 0.1) is 19.3 Å². The van der Waals surface area contributed by atoms with E-state index < -0.39 is 5.91 Å². The maximum absolute atomic E-state index is 12.9. The third-order valence-corrected chi connectivity index (χ3v) is 5.36. The smallest absolute Gasteiger partial charge is 0.253 e. The Morgan fingerprint density at radius 1 is 1.24 bits per heavy atom. The van der Waals surface area contributed by atoms with E-state index in [1.165, 1.54) is 6.07 Å². The SMILES string of the molecule is Cc1cc(C)c(CNC(=O)c2cc(C=O)cc(NC3CCCC3)c2C=N)c(=O)[nH]1. The maximum atomic E-state index is 12.9. The molecule has 4 N–H and O–H groups in total. The van der Waals surface area contributed by atoms with Crippen molar-refractivity contribution in [1.82, 2.24) is 10.3 Å². The number of aryl methyl sites for hydroxylation is 2. The third kappa shape index (κ3) is 4.62. The number of carbonyl (C=O) groups is 2. The molecule has 152 valence electrons. The topological polar surface area (TPSA) is 115 Å². The van der Waals surface area contributed by atoms with E-state index >= 15 is 0 Å². The van der Waals surface area contributed by atoms with Gasteiger partial charge in [0.2, 0.25) is 0 Å². The van der Waals surface area contributed by atoms with Crippen LogP contribution in [0.25, 0.3) is 0 Å². The zero-order valence-corrected chi connectivity index (χ0v) is 16.7. The van der Waals surface area contributed by atoms with Crippen molar-refractivity contribution < 1.29 is 9.59 Å². The zero-order valence-electron chi connectivity index (χ0n) is 16.7. The van der Waals surface area contributed by atoms with E-state index in [9.17, 15) is 14.4 Å². The molecule has 1 fully saturated rings. The van der Waals surface area contributed by atoms with Gasteiger partial charge in [-0.05, 0) is 50.5 Å². The number of nitrogens with one attached hydrogen (secondary N) is 4. The Morgan fingerprint density at radius 3 is 2.59 bits per heavy atom. The van der Waals surface area contributed by atoms with Gasteiger partial charge in [0, 0.05) is 46.9 Å². The van der Waals surface area contributed by atoms with Gasteiger partial charge in [0.05, 0.1) is 5.56 Å². The quantitative estimate of drug-likeness (QED) is 0.427. The summed E-state index contributed by atoms with van der Waals surface area (Å²) >= 11 is 0. The van der Waals surface area contributed by atoms with Gasteiger partial charge in [-0.3, -0.25) is 14.4 Å². The first-order valence-electron chi connectivity index (χ1n) is 9.80. The van der Waals surface area contributed by atoms with Crippen LogP contribution in [0.15, 0.2) is 23.0 Å². The summed E-state index contributed by atoms with van der Waals surface area (Å²) in [6.45, 7) is 3.69. The van der Waals surface area contributed by atoms with Gasteiger partial charge in [-0.1, -0.05) is 12.8 Å². The van der Waals surface area contributed by atoms with Crippen molar-refractivity contribution in [1.29, 1.82) is 5.41 Å². The fourth-order valence-electron chi connectivity index (χ4n) is 3.86. The molecule has 2 aromatic rings. The van der Waals surface area contributed by atoms with Gasteiger partial charge in [-0.2, -0.15) is 0 Å². The number of H-pyrrole nitrogens is 1. The average Bonchev–Trinajstić information content (AvgIpc) is 3.19. The fraction of sp³-hybridized carbons (Fsp3) is 0.364. The van der Waals surface area contributed by atoms with E-state index in [1.54, 1.807) is 13.0 Å². The van der Waals surface area contributed by atoms with Crippen molar-refractivity contribution in [2.24, 2.45) is 0 Å². The monoisotopic (exact) mass is 394 g/mol. The summed E-state index contributed by atoms with van der Waals surface area (Å²) in [7, 11) is 0. The molecule has 0 bridgehead atoms. The fourth-order valence-corrected chi connectivity index (χ4v) is 3.86. The second-order valence-corrected chi connectivity index (χ2v) is 7.54. The number of aromatic nitrogens is 1. The van der Waals surface area contributed by atoms with E-state index in [4.69, 9.17) is 5.41 Å². The zero-order chi connectivity index (χ0) is 21.0. The van der Waals surface area contributed by atoms with E-state index in [0.29, 0.717) is 28.7 Å². The lowest BCUT2D eigenvalue weighted by Crippen LogP contribution is -2.29. The summed E-state index contributed by atoms with van der Waals surface area (Å²) in [6.07, 6.45) is 6.16. The minimum Gasteiger partial charge on any atom is -0.382 e. The Kier molecular flexibility index (Phi) is 6.26. The summed E-state index contributed by atoms with van der Waals surface area (Å²) in [6, 6.07) is 5.29. The van der Waals surface area contributed by atoms with E-state index in [0.717, 1.165) is 43.2 Å². The van der Waals surface area contributed by atoms with Crippen LogP contribution >= 0.6 is 0 Å². The van der Waals surface area contributed by atoms with Crippen molar-refractivity contribution in [3.8, 4) is 0 Å². The molecule has 7 nitrogen and oxygen atoms in total. The number of hydrogen-bond donors (Lipinski definition) is 4. The Morgan fingerprint density at radius 2 is 1.97 bits per heavy atom. The van der Waals surface area contributed by atoms with E-state index in [-0.39, 0.29) is 23.7 Å². The van der Waals surface area contributed by atoms with Gasteiger partial charge in [-0.15, -0.1) is 0 Å². The van der Waals surface area contributed by atoms with Crippen LogP contribution in [-0.2, 0) is 6.54 Å². The largest absolute Gasteiger partial charge is 0.382 e. The summed E-state index contributed by atoms with van der Waals surface area (Å²) in [4.78, 5) is 39.2. The molecule has 0 spiro atoms. The molecule has 3 rings (SSSR count).